The normalized spacial score (nSPS) is 12.7. The Labute approximate surface area is 153 Å². The van der Waals surface area contributed by atoms with Gasteiger partial charge in [0.2, 0.25) is 21.1 Å². The quantitative estimate of drug-likeness (QED) is 0.585. The van der Waals surface area contributed by atoms with E-state index in [0.29, 0.717) is 20.2 Å². The van der Waals surface area contributed by atoms with E-state index in [-0.39, 0.29) is 0 Å². The third-order valence-corrected chi connectivity index (χ3v) is 6.25. The van der Waals surface area contributed by atoms with E-state index < -0.39 is 22.0 Å². The first kappa shape index (κ1) is 19.0. The number of carbonyl (C=O) groups excluding carboxylic acids is 1. The average molecular weight is 407 g/mol. The molecule has 130 valence electrons. The van der Waals surface area contributed by atoms with Gasteiger partial charge in [0, 0.05) is 5.02 Å². The van der Waals surface area contributed by atoms with Gasteiger partial charge in [-0.1, -0.05) is 40.8 Å². The molecule has 1 unspecified atom stereocenters. The maximum absolute atomic E-state index is 12.4. The van der Waals surface area contributed by atoms with Gasteiger partial charge in [0.1, 0.15) is 6.04 Å². The first-order valence-electron chi connectivity index (χ1n) is 6.65. The van der Waals surface area contributed by atoms with E-state index in [9.17, 15) is 13.2 Å². The summed E-state index contributed by atoms with van der Waals surface area (Å²) in [4.78, 5) is 12.4. The van der Waals surface area contributed by atoms with Crippen LogP contribution in [0.15, 0.2) is 28.6 Å². The Morgan fingerprint density at radius 1 is 1.42 bits per heavy atom. The van der Waals surface area contributed by atoms with Gasteiger partial charge in [-0.05, 0) is 31.4 Å². The molecule has 1 atom stereocenters. The molecule has 0 saturated carbocycles. The molecule has 0 fully saturated rings. The molecule has 1 heterocycles. The predicted octanol–water partition coefficient (Wildman–Crippen LogP) is 2.71. The van der Waals surface area contributed by atoms with Gasteiger partial charge in [0.05, 0.1) is 11.9 Å². The molecule has 2 aromatic rings. The lowest BCUT2D eigenvalue weighted by molar-refractivity contribution is -0.116. The minimum atomic E-state index is -3.69. The topological polar surface area (TPSA) is 92.3 Å². The summed E-state index contributed by atoms with van der Waals surface area (Å²) in [6, 6.07) is 5.33. The van der Waals surface area contributed by atoms with Crippen LogP contribution in [-0.2, 0) is 14.8 Å². The molecule has 1 N–H and O–H groups in total. The fourth-order valence-electron chi connectivity index (χ4n) is 1.97. The predicted molar refractivity (Wildman–Crippen MR) is 98.6 cm³/mol. The van der Waals surface area contributed by atoms with Crippen LogP contribution in [0.4, 0.5) is 10.8 Å². The first-order chi connectivity index (χ1) is 11.2. The molecule has 1 aromatic carbocycles. The highest BCUT2D eigenvalue weighted by Crippen LogP contribution is 2.26. The number of anilines is 2. The summed E-state index contributed by atoms with van der Waals surface area (Å²) in [6.07, 6.45) is 2.88. The van der Waals surface area contributed by atoms with E-state index in [4.69, 9.17) is 11.6 Å². The second-order valence-electron chi connectivity index (χ2n) is 4.78. The van der Waals surface area contributed by atoms with Crippen molar-refractivity contribution in [2.24, 2.45) is 0 Å². The molecule has 1 amide bonds. The number of aromatic nitrogens is 2. The highest BCUT2D eigenvalue weighted by Gasteiger charge is 2.29. The van der Waals surface area contributed by atoms with E-state index in [0.717, 1.165) is 10.6 Å². The summed E-state index contributed by atoms with van der Waals surface area (Å²) >= 11 is 8.55. The van der Waals surface area contributed by atoms with E-state index in [1.807, 2.05) is 6.26 Å². The van der Waals surface area contributed by atoms with Gasteiger partial charge in [-0.2, -0.15) is 0 Å². The van der Waals surface area contributed by atoms with Gasteiger partial charge in [-0.15, -0.1) is 10.2 Å². The number of amides is 1. The van der Waals surface area contributed by atoms with Crippen molar-refractivity contribution in [1.29, 1.82) is 0 Å². The molecule has 0 aliphatic rings. The van der Waals surface area contributed by atoms with Crippen molar-refractivity contribution in [1.82, 2.24) is 10.2 Å². The monoisotopic (exact) mass is 406 g/mol. The Morgan fingerprint density at radius 3 is 2.67 bits per heavy atom. The zero-order valence-electron chi connectivity index (χ0n) is 13.1. The van der Waals surface area contributed by atoms with Crippen LogP contribution in [-0.4, -0.2) is 43.1 Å². The van der Waals surface area contributed by atoms with Gasteiger partial charge < -0.3 is 0 Å². The summed E-state index contributed by atoms with van der Waals surface area (Å²) in [5, 5.41) is 11.0. The zero-order valence-corrected chi connectivity index (χ0v) is 16.3. The Balaban J connectivity index is 2.27. The first-order valence-corrected chi connectivity index (χ1v) is 10.9. The summed E-state index contributed by atoms with van der Waals surface area (Å²) < 4.78 is 26.1. The molecule has 24 heavy (non-hydrogen) atoms. The average Bonchev–Trinajstić information content (AvgIpc) is 2.93. The van der Waals surface area contributed by atoms with Crippen LogP contribution in [0, 0.1) is 0 Å². The summed E-state index contributed by atoms with van der Waals surface area (Å²) in [5.41, 5.74) is 0.315. The highest BCUT2D eigenvalue weighted by molar-refractivity contribution is 8.00. The molecule has 2 rings (SSSR count). The van der Waals surface area contributed by atoms with E-state index >= 15 is 0 Å². The second-order valence-corrected chi connectivity index (χ2v) is 9.11. The summed E-state index contributed by atoms with van der Waals surface area (Å²) in [5.74, 6) is -0.510. The lowest BCUT2D eigenvalue weighted by atomic mass is 10.2. The number of hydrogen-bond donors (Lipinski definition) is 1. The van der Waals surface area contributed by atoms with Crippen molar-refractivity contribution in [3.63, 3.8) is 0 Å². The smallest absolute Gasteiger partial charge is 0.249 e. The minimum Gasteiger partial charge on any atom is -0.299 e. The van der Waals surface area contributed by atoms with Crippen molar-refractivity contribution in [2.45, 2.75) is 17.3 Å². The molecule has 0 spiro atoms. The van der Waals surface area contributed by atoms with Crippen molar-refractivity contribution in [3.8, 4) is 0 Å². The Kier molecular flexibility index (Phi) is 6.07. The zero-order chi connectivity index (χ0) is 17.9. The number of hydrogen-bond acceptors (Lipinski definition) is 7. The van der Waals surface area contributed by atoms with Crippen LogP contribution in [0.25, 0.3) is 0 Å². The van der Waals surface area contributed by atoms with Gasteiger partial charge in [0.15, 0.2) is 4.34 Å². The van der Waals surface area contributed by atoms with Crippen LogP contribution < -0.4 is 9.62 Å². The van der Waals surface area contributed by atoms with Crippen LogP contribution in [0.2, 0.25) is 5.02 Å². The van der Waals surface area contributed by atoms with E-state index in [2.05, 4.69) is 15.5 Å². The maximum atomic E-state index is 12.4. The van der Waals surface area contributed by atoms with Crippen LogP contribution in [0.3, 0.4) is 0 Å². The van der Waals surface area contributed by atoms with Crippen molar-refractivity contribution < 1.29 is 13.2 Å². The summed E-state index contributed by atoms with van der Waals surface area (Å²) in [7, 11) is -3.69. The van der Waals surface area contributed by atoms with Crippen molar-refractivity contribution in [3.05, 3.63) is 29.3 Å². The number of halogens is 1. The number of rotatable bonds is 6. The lowest BCUT2D eigenvalue weighted by Gasteiger charge is -2.27. The number of benzene rings is 1. The minimum absolute atomic E-state index is 0.315. The molecule has 0 radical (unpaired) electrons. The molecule has 0 aliphatic carbocycles. The molecule has 7 nitrogen and oxygen atoms in total. The number of nitrogens with one attached hydrogen (secondary N) is 1. The standard InChI is InChI=1S/C13H15ClN4O3S3/c1-8(11(19)15-12-16-17-13(22-2)23-12)18(24(3,20)21)10-6-4-5-9(14)7-10/h4-8H,1-3H3,(H,15,16,19). The maximum Gasteiger partial charge on any atom is 0.249 e. The Bertz CT molecular complexity index is 840. The third-order valence-electron chi connectivity index (χ3n) is 2.96. The third kappa shape index (κ3) is 4.59. The SMILES string of the molecule is CSc1nnc(NC(=O)C(C)N(c2cccc(Cl)c2)S(C)(=O)=O)s1. The molecule has 0 aliphatic heterocycles. The fraction of sp³-hybridized carbons (Fsp3) is 0.308. The lowest BCUT2D eigenvalue weighted by Crippen LogP contribution is -2.45. The summed E-state index contributed by atoms with van der Waals surface area (Å²) in [6.45, 7) is 1.49. The molecule has 1 aromatic heterocycles. The highest BCUT2D eigenvalue weighted by atomic mass is 35.5. The Morgan fingerprint density at radius 2 is 2.12 bits per heavy atom. The molecular formula is C13H15ClN4O3S3. The number of thioether (sulfide) groups is 1. The fourth-order valence-corrected chi connectivity index (χ4v) is 4.50. The van der Waals surface area contributed by atoms with Crippen LogP contribution in [0.5, 0.6) is 0 Å². The Hall–Kier alpha value is -1.36. The molecule has 0 bridgehead atoms. The van der Waals surface area contributed by atoms with Gasteiger partial charge in [0.25, 0.3) is 0 Å². The largest absolute Gasteiger partial charge is 0.299 e. The van der Waals surface area contributed by atoms with E-state index in [1.54, 1.807) is 18.2 Å². The van der Waals surface area contributed by atoms with Gasteiger partial charge >= 0.3 is 0 Å². The molecular weight excluding hydrogens is 392 g/mol. The number of carbonyl (C=O) groups is 1. The van der Waals surface area contributed by atoms with Crippen LogP contribution >= 0.6 is 34.7 Å². The molecule has 11 heteroatoms. The second kappa shape index (κ2) is 7.68. The molecule has 0 saturated heterocycles. The van der Waals surface area contributed by atoms with Crippen molar-refractivity contribution >= 4 is 61.4 Å². The van der Waals surface area contributed by atoms with Gasteiger partial charge in [-0.25, -0.2) is 8.42 Å². The van der Waals surface area contributed by atoms with Crippen LogP contribution in [0.1, 0.15) is 6.92 Å². The number of nitrogens with zero attached hydrogens (tertiary/aromatic N) is 3. The van der Waals surface area contributed by atoms with Gasteiger partial charge in [-0.3, -0.25) is 14.4 Å². The van der Waals surface area contributed by atoms with E-state index in [1.165, 1.54) is 36.1 Å². The number of sulfonamides is 1. The van der Waals surface area contributed by atoms with Crippen molar-refractivity contribution in [2.75, 3.05) is 22.1 Å².